The van der Waals surface area contributed by atoms with E-state index in [9.17, 15) is 9.90 Å². The second-order valence-corrected chi connectivity index (χ2v) is 3.84. The lowest BCUT2D eigenvalue weighted by molar-refractivity contribution is -0.118. The van der Waals surface area contributed by atoms with Gasteiger partial charge < -0.3 is 10.4 Å². The van der Waals surface area contributed by atoms with Crippen molar-refractivity contribution < 1.29 is 9.90 Å². The van der Waals surface area contributed by atoms with E-state index in [-0.39, 0.29) is 5.91 Å². The third kappa shape index (κ3) is 3.42. The molecule has 3 nitrogen and oxygen atoms in total. The molecule has 0 bridgehead atoms. The number of amides is 1. The van der Waals surface area contributed by atoms with Crippen LogP contribution in [0.5, 0.6) is 5.75 Å². The molecule has 0 saturated heterocycles. The number of carbonyl (C=O) groups excluding carboxylic acids is 1. The third-order valence-corrected chi connectivity index (χ3v) is 2.29. The molecule has 1 aromatic carbocycles. The summed E-state index contributed by atoms with van der Waals surface area (Å²) in [6.45, 7) is 5.75. The summed E-state index contributed by atoms with van der Waals surface area (Å²) in [7, 11) is 0. The molecule has 0 fully saturated rings. The Morgan fingerprint density at radius 3 is 2.44 bits per heavy atom. The van der Waals surface area contributed by atoms with Crippen LogP contribution in [0, 0.1) is 13.8 Å². The van der Waals surface area contributed by atoms with Crippen molar-refractivity contribution in [1.29, 1.82) is 0 Å². The fraction of sp³-hybridized carbons (Fsp3) is 0.308. The average molecular weight is 219 g/mol. The van der Waals surface area contributed by atoms with Crippen molar-refractivity contribution in [3.05, 3.63) is 34.9 Å². The molecule has 0 heterocycles. The summed E-state index contributed by atoms with van der Waals surface area (Å²) >= 11 is 0. The van der Waals surface area contributed by atoms with Crippen LogP contribution >= 0.6 is 0 Å². The highest BCUT2D eigenvalue weighted by Crippen LogP contribution is 2.23. The van der Waals surface area contributed by atoms with Crippen molar-refractivity contribution in [1.82, 2.24) is 5.32 Å². The standard InChI is InChI=1S/C13H17NO2/c1-9-7-12(8-10(2)13(9)16)5-4-6-14-11(3)15/h4-5,7-8,16H,6H2,1-3H3,(H,14,15). The van der Waals surface area contributed by atoms with Gasteiger partial charge in [0.15, 0.2) is 0 Å². The van der Waals surface area contributed by atoms with Gasteiger partial charge in [-0.25, -0.2) is 0 Å². The SMILES string of the molecule is CC(=O)NCC=Cc1cc(C)c(O)c(C)c1. The Hall–Kier alpha value is -1.77. The van der Waals surface area contributed by atoms with Crippen LogP contribution in [0.1, 0.15) is 23.6 Å². The Balaban J connectivity index is 2.71. The van der Waals surface area contributed by atoms with Gasteiger partial charge in [-0.1, -0.05) is 12.2 Å². The van der Waals surface area contributed by atoms with E-state index in [0.717, 1.165) is 16.7 Å². The maximum Gasteiger partial charge on any atom is 0.217 e. The molecule has 0 saturated carbocycles. The van der Waals surface area contributed by atoms with Crippen molar-refractivity contribution >= 4 is 12.0 Å². The van der Waals surface area contributed by atoms with Gasteiger partial charge >= 0.3 is 0 Å². The Bertz CT molecular complexity index is 399. The van der Waals surface area contributed by atoms with Crippen LogP contribution in [0.25, 0.3) is 6.08 Å². The van der Waals surface area contributed by atoms with Gasteiger partial charge in [-0.3, -0.25) is 4.79 Å². The normalized spacial score (nSPS) is 10.7. The average Bonchev–Trinajstić information content (AvgIpc) is 2.20. The minimum Gasteiger partial charge on any atom is -0.507 e. The summed E-state index contributed by atoms with van der Waals surface area (Å²) in [4.78, 5) is 10.6. The molecule has 1 rings (SSSR count). The molecule has 0 aromatic heterocycles. The fourth-order valence-corrected chi connectivity index (χ4v) is 1.48. The smallest absolute Gasteiger partial charge is 0.217 e. The summed E-state index contributed by atoms with van der Waals surface area (Å²) in [6.07, 6.45) is 3.81. The highest BCUT2D eigenvalue weighted by atomic mass is 16.3. The van der Waals surface area contributed by atoms with Gasteiger partial charge in [0.05, 0.1) is 0 Å². The minimum atomic E-state index is -0.0392. The van der Waals surface area contributed by atoms with E-state index < -0.39 is 0 Å². The molecule has 0 radical (unpaired) electrons. The number of nitrogens with one attached hydrogen (secondary N) is 1. The minimum absolute atomic E-state index is 0.0392. The molecule has 3 heteroatoms. The Kier molecular flexibility index (Phi) is 4.11. The first kappa shape index (κ1) is 12.3. The second-order valence-electron chi connectivity index (χ2n) is 3.84. The molecular weight excluding hydrogens is 202 g/mol. The number of phenolic OH excluding ortho intramolecular Hbond substituents is 1. The van der Waals surface area contributed by atoms with Crippen molar-refractivity contribution in [2.45, 2.75) is 20.8 Å². The van der Waals surface area contributed by atoms with Crippen molar-refractivity contribution in [3.8, 4) is 5.75 Å². The monoisotopic (exact) mass is 219 g/mol. The van der Waals surface area contributed by atoms with E-state index in [2.05, 4.69) is 5.32 Å². The van der Waals surface area contributed by atoms with Gasteiger partial charge in [0.2, 0.25) is 5.91 Å². The van der Waals surface area contributed by atoms with Gasteiger partial charge in [-0.05, 0) is 42.7 Å². The number of benzene rings is 1. The maximum atomic E-state index is 10.6. The highest BCUT2D eigenvalue weighted by Gasteiger charge is 2.00. The first-order valence-corrected chi connectivity index (χ1v) is 5.22. The van der Waals surface area contributed by atoms with E-state index >= 15 is 0 Å². The largest absolute Gasteiger partial charge is 0.507 e. The predicted molar refractivity (Wildman–Crippen MR) is 65.3 cm³/mol. The lowest BCUT2D eigenvalue weighted by atomic mass is 10.1. The molecule has 0 unspecified atom stereocenters. The van der Waals surface area contributed by atoms with Gasteiger partial charge in [-0.2, -0.15) is 0 Å². The highest BCUT2D eigenvalue weighted by molar-refractivity contribution is 5.73. The van der Waals surface area contributed by atoms with E-state index in [1.54, 1.807) is 0 Å². The molecule has 0 aliphatic rings. The Labute approximate surface area is 95.8 Å². The summed E-state index contributed by atoms with van der Waals surface area (Å²) < 4.78 is 0. The van der Waals surface area contributed by atoms with Crippen LogP contribution in [0.2, 0.25) is 0 Å². The maximum absolute atomic E-state index is 10.6. The predicted octanol–water partition coefficient (Wildman–Crippen LogP) is 2.16. The lowest BCUT2D eigenvalue weighted by Crippen LogP contribution is -2.19. The Morgan fingerprint density at radius 2 is 1.94 bits per heavy atom. The number of aryl methyl sites for hydroxylation is 2. The van der Waals surface area contributed by atoms with E-state index in [1.807, 2.05) is 38.1 Å². The van der Waals surface area contributed by atoms with Gasteiger partial charge in [-0.15, -0.1) is 0 Å². The van der Waals surface area contributed by atoms with E-state index in [4.69, 9.17) is 0 Å². The molecule has 0 aliphatic heterocycles. The zero-order valence-electron chi connectivity index (χ0n) is 9.87. The number of hydrogen-bond acceptors (Lipinski definition) is 2. The van der Waals surface area contributed by atoms with Crippen LogP contribution in [-0.2, 0) is 4.79 Å². The topological polar surface area (TPSA) is 49.3 Å². The van der Waals surface area contributed by atoms with Crippen LogP contribution < -0.4 is 5.32 Å². The van der Waals surface area contributed by atoms with Crippen molar-refractivity contribution in [2.75, 3.05) is 6.54 Å². The van der Waals surface area contributed by atoms with Crippen LogP contribution in [0.4, 0.5) is 0 Å². The summed E-state index contributed by atoms with van der Waals surface area (Å²) in [6, 6.07) is 3.82. The molecule has 1 aromatic rings. The van der Waals surface area contributed by atoms with Crippen LogP contribution in [0.15, 0.2) is 18.2 Å². The molecule has 0 spiro atoms. The number of hydrogen-bond donors (Lipinski definition) is 2. The molecular formula is C13H17NO2. The third-order valence-electron chi connectivity index (χ3n) is 2.29. The van der Waals surface area contributed by atoms with Crippen molar-refractivity contribution in [3.63, 3.8) is 0 Å². The number of aromatic hydroxyl groups is 1. The molecule has 16 heavy (non-hydrogen) atoms. The quantitative estimate of drug-likeness (QED) is 0.818. The Morgan fingerprint density at radius 1 is 1.38 bits per heavy atom. The zero-order valence-corrected chi connectivity index (χ0v) is 9.87. The van der Waals surface area contributed by atoms with Gasteiger partial charge in [0, 0.05) is 13.5 Å². The first-order valence-electron chi connectivity index (χ1n) is 5.22. The molecule has 0 atom stereocenters. The number of phenols is 1. The molecule has 2 N–H and O–H groups in total. The first-order chi connectivity index (χ1) is 7.50. The number of rotatable bonds is 3. The molecule has 1 amide bonds. The summed E-state index contributed by atoms with van der Waals surface area (Å²) in [5, 5.41) is 12.3. The van der Waals surface area contributed by atoms with Crippen molar-refractivity contribution in [2.24, 2.45) is 0 Å². The van der Waals surface area contributed by atoms with Crippen LogP contribution in [0.3, 0.4) is 0 Å². The zero-order chi connectivity index (χ0) is 12.1. The fourth-order valence-electron chi connectivity index (χ4n) is 1.48. The van der Waals surface area contributed by atoms with E-state index in [1.165, 1.54) is 6.92 Å². The summed E-state index contributed by atoms with van der Waals surface area (Å²) in [5.41, 5.74) is 2.75. The van der Waals surface area contributed by atoms with Gasteiger partial charge in [0.25, 0.3) is 0 Å². The molecule has 86 valence electrons. The van der Waals surface area contributed by atoms with E-state index in [0.29, 0.717) is 12.3 Å². The summed E-state index contributed by atoms with van der Waals surface area (Å²) in [5.74, 6) is 0.307. The molecule has 0 aliphatic carbocycles. The second kappa shape index (κ2) is 5.35. The van der Waals surface area contributed by atoms with Gasteiger partial charge in [0.1, 0.15) is 5.75 Å². The van der Waals surface area contributed by atoms with Crippen LogP contribution in [-0.4, -0.2) is 17.6 Å². The lowest BCUT2D eigenvalue weighted by Gasteiger charge is -2.04. The number of carbonyl (C=O) groups is 1.